The molecule has 31 heavy (non-hydrogen) atoms. The van der Waals surface area contributed by atoms with Gasteiger partial charge in [0.25, 0.3) is 5.89 Å². The Morgan fingerprint density at radius 2 is 2.06 bits per heavy atom. The summed E-state index contributed by atoms with van der Waals surface area (Å²) in [6.45, 7) is 7.78. The van der Waals surface area contributed by atoms with Crippen LogP contribution < -0.4 is 4.74 Å². The van der Waals surface area contributed by atoms with Gasteiger partial charge in [-0.2, -0.15) is 4.98 Å². The van der Waals surface area contributed by atoms with E-state index < -0.39 is 0 Å². The number of likely N-dealkylation sites (tertiary alicyclic amines) is 1. The topological polar surface area (TPSA) is 71.6 Å². The fraction of sp³-hybridized carbons (Fsp3) is 0.440. The molecule has 0 radical (unpaired) electrons. The van der Waals surface area contributed by atoms with Gasteiger partial charge in [-0.05, 0) is 74.9 Å². The average molecular weight is 420 g/mol. The molecule has 6 nitrogen and oxygen atoms in total. The molecule has 2 atom stereocenters. The minimum atomic E-state index is -0.201. The van der Waals surface area contributed by atoms with Gasteiger partial charge in [0.05, 0.1) is 12.2 Å². The molecule has 1 aliphatic carbocycles. The van der Waals surface area contributed by atoms with Gasteiger partial charge in [-0.15, -0.1) is 0 Å². The second-order valence-electron chi connectivity index (χ2n) is 8.94. The van der Waals surface area contributed by atoms with Gasteiger partial charge in [0.2, 0.25) is 5.82 Å². The molecule has 1 aromatic heterocycles. The van der Waals surface area contributed by atoms with Crippen LogP contribution in [0.5, 0.6) is 5.75 Å². The van der Waals surface area contributed by atoms with Crippen molar-refractivity contribution in [2.24, 2.45) is 0 Å². The highest BCUT2D eigenvalue weighted by Crippen LogP contribution is 2.41. The second-order valence-corrected chi connectivity index (χ2v) is 8.94. The molecule has 1 N–H and O–H groups in total. The van der Waals surface area contributed by atoms with E-state index in [-0.39, 0.29) is 12.2 Å². The fourth-order valence-corrected chi connectivity index (χ4v) is 4.89. The number of fused-ring (bicyclic) bond motifs is 1. The molecule has 0 bridgehead atoms. The zero-order valence-corrected chi connectivity index (χ0v) is 18.3. The zero-order chi connectivity index (χ0) is 21.5. The summed E-state index contributed by atoms with van der Waals surface area (Å²) in [5, 5.41) is 14.3. The Balaban J connectivity index is 1.42. The molecule has 2 aliphatic rings. The van der Waals surface area contributed by atoms with E-state index in [0.29, 0.717) is 17.8 Å². The quantitative estimate of drug-likeness (QED) is 0.654. The van der Waals surface area contributed by atoms with Crippen molar-refractivity contribution in [2.75, 3.05) is 13.1 Å². The molecular weight excluding hydrogens is 390 g/mol. The minimum absolute atomic E-state index is 0.132. The lowest BCUT2D eigenvalue weighted by molar-refractivity contribution is 0.159. The highest BCUT2D eigenvalue weighted by atomic mass is 16.5. The summed E-state index contributed by atoms with van der Waals surface area (Å²) in [4.78, 5) is 7.13. The third kappa shape index (κ3) is 3.86. The third-order valence-corrected chi connectivity index (χ3v) is 6.33. The Kier molecular flexibility index (Phi) is 5.28. The predicted octanol–water partition coefficient (Wildman–Crippen LogP) is 4.55. The number of hydrogen-bond donors (Lipinski definition) is 1. The normalized spacial score (nSPS) is 21.1. The summed E-state index contributed by atoms with van der Waals surface area (Å²) >= 11 is 0. The molecule has 2 aromatic carbocycles. The van der Waals surface area contributed by atoms with Crippen LogP contribution in [0.15, 0.2) is 40.9 Å². The SMILES string of the molecule is Cc1cc(-c2nc(-c3cccc4c3CCC4N3CC[C@H](O)C3)no2)ccc1OC(C)C. The number of aliphatic hydroxyl groups is 1. The van der Waals surface area contributed by atoms with E-state index in [1.54, 1.807) is 0 Å². The van der Waals surface area contributed by atoms with Crippen molar-refractivity contribution in [1.82, 2.24) is 15.0 Å². The van der Waals surface area contributed by atoms with Gasteiger partial charge in [0, 0.05) is 30.3 Å². The Bertz CT molecular complexity index is 1090. The van der Waals surface area contributed by atoms with Crippen LogP contribution in [0.2, 0.25) is 0 Å². The number of hydrogen-bond acceptors (Lipinski definition) is 6. The maximum absolute atomic E-state index is 9.95. The van der Waals surface area contributed by atoms with Gasteiger partial charge in [0.1, 0.15) is 5.75 Å². The molecule has 1 unspecified atom stereocenters. The number of ether oxygens (including phenoxy) is 1. The summed E-state index contributed by atoms with van der Waals surface area (Å²) in [6.07, 6.45) is 2.85. The number of β-amino-alcohol motifs (C(OH)–C–C–N with tert-alkyl or cyclic N) is 1. The van der Waals surface area contributed by atoms with Crippen LogP contribution in [0.3, 0.4) is 0 Å². The molecule has 162 valence electrons. The van der Waals surface area contributed by atoms with Crippen LogP contribution in [-0.2, 0) is 6.42 Å². The molecular formula is C25H29N3O3. The average Bonchev–Trinajstić information content (AvgIpc) is 3.48. The van der Waals surface area contributed by atoms with Crippen LogP contribution in [0.4, 0.5) is 0 Å². The largest absolute Gasteiger partial charge is 0.491 e. The molecule has 1 saturated heterocycles. The standard InChI is InChI=1S/C25H29N3O3/c1-15(2)30-23-10-7-17(13-16(23)3)25-26-24(27-31-25)21-6-4-5-20-19(21)8-9-22(20)28-12-11-18(29)14-28/h4-7,10,13,15,18,22,29H,8-9,11-12,14H2,1-3H3/t18-,22?/m0/s1. The minimum Gasteiger partial charge on any atom is -0.491 e. The number of aromatic nitrogens is 2. The van der Waals surface area contributed by atoms with Crippen molar-refractivity contribution >= 4 is 0 Å². The first-order valence-electron chi connectivity index (χ1n) is 11.1. The van der Waals surface area contributed by atoms with E-state index in [1.807, 2.05) is 39.0 Å². The maximum atomic E-state index is 9.95. The summed E-state index contributed by atoms with van der Waals surface area (Å²) in [7, 11) is 0. The summed E-state index contributed by atoms with van der Waals surface area (Å²) in [5.41, 5.74) is 5.62. The number of aryl methyl sites for hydroxylation is 1. The Morgan fingerprint density at radius 1 is 1.19 bits per heavy atom. The van der Waals surface area contributed by atoms with Crippen LogP contribution in [-0.4, -0.2) is 45.4 Å². The van der Waals surface area contributed by atoms with Crippen molar-refractivity contribution < 1.29 is 14.4 Å². The van der Waals surface area contributed by atoms with Crippen LogP contribution in [0.25, 0.3) is 22.8 Å². The van der Waals surface area contributed by atoms with E-state index >= 15 is 0 Å². The molecule has 0 spiro atoms. The van der Waals surface area contributed by atoms with E-state index in [2.05, 4.69) is 28.3 Å². The van der Waals surface area contributed by atoms with E-state index in [1.165, 1.54) is 11.1 Å². The number of nitrogens with zero attached hydrogens (tertiary/aromatic N) is 3. The van der Waals surface area contributed by atoms with Crippen LogP contribution >= 0.6 is 0 Å². The highest BCUT2D eigenvalue weighted by molar-refractivity contribution is 5.66. The first-order valence-corrected chi connectivity index (χ1v) is 11.1. The van der Waals surface area contributed by atoms with Crippen LogP contribution in [0.1, 0.15) is 49.4 Å². The molecule has 1 fully saturated rings. The smallest absolute Gasteiger partial charge is 0.258 e. The van der Waals surface area contributed by atoms with Crippen LogP contribution in [0, 0.1) is 6.92 Å². The first-order chi connectivity index (χ1) is 15.0. The Morgan fingerprint density at radius 3 is 2.81 bits per heavy atom. The first kappa shape index (κ1) is 20.2. The van der Waals surface area contributed by atoms with Gasteiger partial charge in [-0.1, -0.05) is 23.4 Å². The van der Waals surface area contributed by atoms with E-state index in [4.69, 9.17) is 14.2 Å². The second kappa shape index (κ2) is 8.09. The van der Waals surface area contributed by atoms with E-state index in [0.717, 1.165) is 54.8 Å². The van der Waals surface area contributed by atoms with Crippen molar-refractivity contribution in [3.8, 4) is 28.6 Å². The van der Waals surface area contributed by atoms with Gasteiger partial charge >= 0.3 is 0 Å². The summed E-state index contributed by atoms with van der Waals surface area (Å²) in [5.74, 6) is 2.02. The van der Waals surface area contributed by atoms with E-state index in [9.17, 15) is 5.11 Å². The van der Waals surface area contributed by atoms with Gasteiger partial charge < -0.3 is 14.4 Å². The third-order valence-electron chi connectivity index (χ3n) is 6.33. The Hall–Kier alpha value is -2.70. The van der Waals surface area contributed by atoms with Crippen molar-refractivity contribution in [2.45, 2.75) is 58.3 Å². The number of aliphatic hydroxyl groups excluding tert-OH is 1. The molecule has 1 aliphatic heterocycles. The zero-order valence-electron chi connectivity index (χ0n) is 18.3. The molecule has 5 rings (SSSR count). The predicted molar refractivity (Wildman–Crippen MR) is 119 cm³/mol. The molecule has 0 saturated carbocycles. The van der Waals surface area contributed by atoms with Crippen molar-refractivity contribution in [3.63, 3.8) is 0 Å². The van der Waals surface area contributed by atoms with Crippen molar-refractivity contribution in [1.29, 1.82) is 0 Å². The van der Waals surface area contributed by atoms with Gasteiger partial charge in [0.15, 0.2) is 0 Å². The lowest BCUT2D eigenvalue weighted by atomic mass is 10.0. The van der Waals surface area contributed by atoms with Gasteiger partial charge in [-0.25, -0.2) is 0 Å². The molecule has 3 aromatic rings. The summed E-state index contributed by atoms with van der Waals surface area (Å²) in [6, 6.07) is 12.7. The monoisotopic (exact) mass is 419 g/mol. The van der Waals surface area contributed by atoms with Gasteiger partial charge in [-0.3, -0.25) is 4.90 Å². The van der Waals surface area contributed by atoms with Crippen molar-refractivity contribution in [3.05, 3.63) is 53.1 Å². The number of benzene rings is 2. The maximum Gasteiger partial charge on any atom is 0.258 e. The number of rotatable bonds is 5. The molecule has 6 heteroatoms. The lowest BCUT2D eigenvalue weighted by Gasteiger charge is -2.24. The Labute approximate surface area is 182 Å². The lowest BCUT2D eigenvalue weighted by Crippen LogP contribution is -2.26. The summed E-state index contributed by atoms with van der Waals surface area (Å²) < 4.78 is 11.5. The molecule has 2 heterocycles. The molecule has 0 amide bonds. The fourth-order valence-electron chi connectivity index (χ4n) is 4.89. The highest BCUT2D eigenvalue weighted by Gasteiger charge is 2.34.